The lowest BCUT2D eigenvalue weighted by Crippen LogP contribution is -2.11. The van der Waals surface area contributed by atoms with Crippen LogP contribution in [0.15, 0.2) is 51.7 Å². The van der Waals surface area contributed by atoms with Crippen LogP contribution in [-0.4, -0.2) is 24.9 Å². The SMILES string of the molecule is CCCCOc1cc(-c2c(CC(C)O)oc(=O)c3ccccc23)ccc1OC. The van der Waals surface area contributed by atoms with Crippen LogP contribution in [-0.2, 0) is 6.42 Å². The van der Waals surface area contributed by atoms with Crippen molar-refractivity contribution in [3.63, 3.8) is 0 Å². The van der Waals surface area contributed by atoms with E-state index in [1.54, 1.807) is 20.1 Å². The van der Waals surface area contributed by atoms with Crippen LogP contribution >= 0.6 is 0 Å². The summed E-state index contributed by atoms with van der Waals surface area (Å²) in [6, 6.07) is 13.0. The van der Waals surface area contributed by atoms with Crippen molar-refractivity contribution in [2.75, 3.05) is 13.7 Å². The molecule has 28 heavy (non-hydrogen) atoms. The van der Waals surface area contributed by atoms with Crippen LogP contribution in [0.25, 0.3) is 21.9 Å². The van der Waals surface area contributed by atoms with Gasteiger partial charge in [0.05, 0.1) is 25.2 Å². The second-order valence-electron chi connectivity index (χ2n) is 6.85. The van der Waals surface area contributed by atoms with Gasteiger partial charge in [-0.3, -0.25) is 0 Å². The number of fused-ring (bicyclic) bond motifs is 1. The Morgan fingerprint density at radius 1 is 1.11 bits per heavy atom. The molecule has 1 unspecified atom stereocenters. The van der Waals surface area contributed by atoms with Crippen LogP contribution < -0.4 is 15.1 Å². The summed E-state index contributed by atoms with van der Waals surface area (Å²) in [5.41, 5.74) is 1.24. The van der Waals surface area contributed by atoms with Gasteiger partial charge in [-0.05, 0) is 37.1 Å². The van der Waals surface area contributed by atoms with Crippen molar-refractivity contribution in [3.8, 4) is 22.6 Å². The van der Waals surface area contributed by atoms with Gasteiger partial charge in [0.15, 0.2) is 11.5 Å². The molecule has 1 heterocycles. The van der Waals surface area contributed by atoms with Gasteiger partial charge in [-0.15, -0.1) is 0 Å². The number of unbranched alkanes of at least 4 members (excludes halogenated alkanes) is 1. The molecule has 1 aromatic heterocycles. The number of benzene rings is 2. The second kappa shape index (κ2) is 8.93. The minimum absolute atomic E-state index is 0.244. The number of methoxy groups -OCH3 is 1. The molecule has 0 bridgehead atoms. The number of hydrogen-bond acceptors (Lipinski definition) is 5. The van der Waals surface area contributed by atoms with E-state index in [1.807, 2.05) is 36.4 Å². The molecule has 0 aliphatic rings. The first-order valence-corrected chi connectivity index (χ1v) is 9.59. The first-order chi connectivity index (χ1) is 13.5. The molecule has 0 aliphatic carbocycles. The normalized spacial score (nSPS) is 12.1. The number of aliphatic hydroxyl groups excluding tert-OH is 1. The van der Waals surface area contributed by atoms with Gasteiger partial charge in [0.1, 0.15) is 5.76 Å². The summed E-state index contributed by atoms with van der Waals surface area (Å²) in [7, 11) is 1.61. The van der Waals surface area contributed by atoms with Crippen molar-refractivity contribution in [3.05, 3.63) is 58.6 Å². The number of hydrogen-bond donors (Lipinski definition) is 1. The fourth-order valence-corrected chi connectivity index (χ4v) is 3.25. The Bertz CT molecular complexity index is 1000. The van der Waals surface area contributed by atoms with E-state index in [0.29, 0.717) is 29.3 Å². The first kappa shape index (κ1) is 20.0. The lowest BCUT2D eigenvalue weighted by atomic mass is 9.96. The second-order valence-corrected chi connectivity index (χ2v) is 6.85. The van der Waals surface area contributed by atoms with Crippen LogP contribution in [0.2, 0.25) is 0 Å². The Morgan fingerprint density at radius 3 is 2.54 bits per heavy atom. The van der Waals surface area contributed by atoms with Gasteiger partial charge in [-0.2, -0.15) is 0 Å². The van der Waals surface area contributed by atoms with Gasteiger partial charge >= 0.3 is 5.63 Å². The molecule has 0 saturated carbocycles. The zero-order valence-electron chi connectivity index (χ0n) is 16.5. The summed E-state index contributed by atoms with van der Waals surface area (Å²) in [6.45, 7) is 4.38. The van der Waals surface area contributed by atoms with Crippen molar-refractivity contribution in [2.45, 2.75) is 39.2 Å². The number of ether oxygens (including phenoxy) is 2. The molecule has 0 saturated heterocycles. The van der Waals surface area contributed by atoms with Gasteiger partial charge in [-0.1, -0.05) is 37.6 Å². The van der Waals surface area contributed by atoms with Crippen LogP contribution in [0.4, 0.5) is 0 Å². The largest absolute Gasteiger partial charge is 0.493 e. The third-order valence-electron chi connectivity index (χ3n) is 4.60. The lowest BCUT2D eigenvalue weighted by molar-refractivity contribution is 0.186. The Kier molecular flexibility index (Phi) is 6.37. The monoisotopic (exact) mass is 382 g/mol. The third kappa shape index (κ3) is 4.20. The maximum Gasteiger partial charge on any atom is 0.343 e. The fourth-order valence-electron chi connectivity index (χ4n) is 3.25. The summed E-state index contributed by atoms with van der Waals surface area (Å²) in [5.74, 6) is 1.76. The maximum absolute atomic E-state index is 12.4. The van der Waals surface area contributed by atoms with Crippen LogP contribution in [0, 0.1) is 0 Å². The van der Waals surface area contributed by atoms with Crippen molar-refractivity contribution >= 4 is 10.8 Å². The van der Waals surface area contributed by atoms with Crippen molar-refractivity contribution in [1.82, 2.24) is 0 Å². The van der Waals surface area contributed by atoms with E-state index in [2.05, 4.69) is 6.92 Å². The molecular formula is C23H26O5. The minimum Gasteiger partial charge on any atom is -0.493 e. The lowest BCUT2D eigenvalue weighted by Gasteiger charge is -2.16. The smallest absolute Gasteiger partial charge is 0.343 e. The van der Waals surface area contributed by atoms with E-state index < -0.39 is 11.7 Å². The number of rotatable bonds is 8. The molecule has 0 amide bonds. The van der Waals surface area contributed by atoms with Gasteiger partial charge < -0.3 is 19.0 Å². The highest BCUT2D eigenvalue weighted by atomic mass is 16.5. The van der Waals surface area contributed by atoms with Crippen LogP contribution in [0.5, 0.6) is 11.5 Å². The molecule has 0 radical (unpaired) electrons. The average molecular weight is 382 g/mol. The quantitative estimate of drug-likeness (QED) is 0.578. The molecule has 5 nitrogen and oxygen atoms in total. The molecule has 3 rings (SSSR count). The van der Waals surface area contributed by atoms with Gasteiger partial charge in [0, 0.05) is 17.4 Å². The zero-order valence-corrected chi connectivity index (χ0v) is 16.5. The van der Waals surface area contributed by atoms with E-state index in [0.717, 1.165) is 29.4 Å². The van der Waals surface area contributed by atoms with E-state index >= 15 is 0 Å². The summed E-state index contributed by atoms with van der Waals surface area (Å²) in [4.78, 5) is 12.4. The molecule has 1 N–H and O–H groups in total. The molecule has 2 aromatic carbocycles. The highest BCUT2D eigenvalue weighted by molar-refractivity contribution is 5.97. The van der Waals surface area contributed by atoms with Crippen LogP contribution in [0.3, 0.4) is 0 Å². The third-order valence-corrected chi connectivity index (χ3v) is 4.60. The van der Waals surface area contributed by atoms with E-state index in [9.17, 15) is 9.90 Å². The predicted molar refractivity (Wildman–Crippen MR) is 110 cm³/mol. The number of aliphatic hydroxyl groups is 1. The molecule has 0 aliphatic heterocycles. The van der Waals surface area contributed by atoms with Crippen molar-refractivity contribution in [2.24, 2.45) is 0 Å². The molecule has 0 spiro atoms. The molecule has 3 aromatic rings. The summed E-state index contributed by atoms with van der Waals surface area (Å²) in [5, 5.41) is 11.2. The van der Waals surface area contributed by atoms with E-state index in [-0.39, 0.29) is 6.42 Å². The molecule has 0 fully saturated rings. The maximum atomic E-state index is 12.4. The molecule has 148 valence electrons. The van der Waals surface area contributed by atoms with E-state index in [4.69, 9.17) is 13.9 Å². The van der Waals surface area contributed by atoms with E-state index in [1.165, 1.54) is 0 Å². The summed E-state index contributed by atoms with van der Waals surface area (Å²) >= 11 is 0. The predicted octanol–water partition coefficient (Wildman–Crippen LogP) is 4.57. The van der Waals surface area contributed by atoms with Crippen molar-refractivity contribution < 1.29 is 19.0 Å². The summed E-state index contributed by atoms with van der Waals surface area (Å²) < 4.78 is 16.9. The van der Waals surface area contributed by atoms with Gasteiger partial charge in [-0.25, -0.2) is 4.79 Å². The standard InChI is InChI=1S/C23H26O5/c1-4-5-12-27-20-14-16(10-11-19(20)26-3)22-17-8-6-7-9-18(17)23(25)28-21(22)13-15(2)24/h6-11,14-15,24H,4-5,12-13H2,1-3H3. The fraction of sp³-hybridized carbons (Fsp3) is 0.348. The molecule has 1 atom stereocenters. The van der Waals surface area contributed by atoms with Crippen LogP contribution in [0.1, 0.15) is 32.4 Å². The Morgan fingerprint density at radius 2 is 1.86 bits per heavy atom. The van der Waals surface area contributed by atoms with Gasteiger partial charge in [0.25, 0.3) is 0 Å². The Hall–Kier alpha value is -2.79. The molecular weight excluding hydrogens is 356 g/mol. The highest BCUT2D eigenvalue weighted by Crippen LogP contribution is 2.37. The topological polar surface area (TPSA) is 68.9 Å². The Labute approximate surface area is 164 Å². The minimum atomic E-state index is -0.637. The average Bonchev–Trinajstić information content (AvgIpc) is 2.68. The first-order valence-electron chi connectivity index (χ1n) is 9.59. The highest BCUT2D eigenvalue weighted by Gasteiger charge is 2.18. The zero-order chi connectivity index (χ0) is 20.1. The Balaban J connectivity index is 2.20. The summed E-state index contributed by atoms with van der Waals surface area (Å²) in [6.07, 6.45) is 1.59. The van der Waals surface area contributed by atoms with Gasteiger partial charge in [0.2, 0.25) is 0 Å². The van der Waals surface area contributed by atoms with Crippen molar-refractivity contribution in [1.29, 1.82) is 0 Å². The molecule has 5 heteroatoms.